The molecule has 1 heterocycles. The summed E-state index contributed by atoms with van der Waals surface area (Å²) in [5.41, 5.74) is 0. The van der Waals surface area contributed by atoms with Crippen molar-refractivity contribution < 1.29 is 9.84 Å². The van der Waals surface area contributed by atoms with Gasteiger partial charge in [0.15, 0.2) is 5.82 Å². The van der Waals surface area contributed by atoms with Crippen LogP contribution in [0.25, 0.3) is 0 Å². The highest BCUT2D eigenvalue weighted by atomic mass is 16.5. The van der Waals surface area contributed by atoms with Crippen molar-refractivity contribution >= 4 is 11.6 Å². The van der Waals surface area contributed by atoms with E-state index in [1.54, 1.807) is 7.11 Å². The molecule has 0 amide bonds. The van der Waals surface area contributed by atoms with Gasteiger partial charge in [-0.15, -0.1) is 0 Å². The van der Waals surface area contributed by atoms with Crippen molar-refractivity contribution in [2.75, 3.05) is 43.6 Å². The molecule has 0 atom stereocenters. The standard InChI is InChI=1S/C14H26N4O2/c1-4-6-15-12-10-14(17-13(16-12)11-20-3)18(7-5-2)8-9-19/h10,19H,4-9,11H2,1-3H3,(H,15,16,17). The first-order valence-corrected chi connectivity index (χ1v) is 7.21. The smallest absolute Gasteiger partial charge is 0.158 e. The fourth-order valence-corrected chi connectivity index (χ4v) is 1.91. The average Bonchev–Trinajstić information content (AvgIpc) is 2.45. The van der Waals surface area contributed by atoms with E-state index in [2.05, 4.69) is 34.0 Å². The normalized spacial score (nSPS) is 10.6. The minimum Gasteiger partial charge on any atom is -0.395 e. The predicted molar refractivity (Wildman–Crippen MR) is 81.1 cm³/mol. The van der Waals surface area contributed by atoms with Crippen molar-refractivity contribution in [3.8, 4) is 0 Å². The number of aliphatic hydroxyl groups is 1. The van der Waals surface area contributed by atoms with E-state index < -0.39 is 0 Å². The first-order chi connectivity index (χ1) is 9.74. The molecule has 20 heavy (non-hydrogen) atoms. The van der Waals surface area contributed by atoms with Gasteiger partial charge in [0.05, 0.1) is 6.61 Å². The Hall–Kier alpha value is -1.40. The number of hydrogen-bond acceptors (Lipinski definition) is 6. The first kappa shape index (κ1) is 16.7. The van der Waals surface area contributed by atoms with Crippen LogP contribution in [0, 0.1) is 0 Å². The fraction of sp³-hybridized carbons (Fsp3) is 0.714. The maximum Gasteiger partial charge on any atom is 0.158 e. The minimum atomic E-state index is 0.112. The van der Waals surface area contributed by atoms with E-state index in [1.807, 2.05) is 6.07 Å². The molecule has 1 rings (SSSR count). The molecule has 2 N–H and O–H groups in total. The van der Waals surface area contributed by atoms with Crippen molar-refractivity contribution in [1.82, 2.24) is 9.97 Å². The van der Waals surface area contributed by atoms with Crippen LogP contribution in [0.4, 0.5) is 11.6 Å². The van der Waals surface area contributed by atoms with Crippen molar-refractivity contribution in [1.29, 1.82) is 0 Å². The van der Waals surface area contributed by atoms with Crippen LogP contribution in [0.5, 0.6) is 0 Å². The fourth-order valence-electron chi connectivity index (χ4n) is 1.91. The van der Waals surface area contributed by atoms with Gasteiger partial charge in [-0.05, 0) is 12.8 Å². The number of aliphatic hydroxyl groups excluding tert-OH is 1. The molecule has 6 nitrogen and oxygen atoms in total. The number of nitrogens with one attached hydrogen (secondary N) is 1. The summed E-state index contributed by atoms with van der Waals surface area (Å²) < 4.78 is 5.12. The number of nitrogens with zero attached hydrogens (tertiary/aromatic N) is 3. The number of rotatable bonds is 10. The molecule has 0 saturated heterocycles. The van der Waals surface area contributed by atoms with E-state index in [-0.39, 0.29) is 6.61 Å². The highest BCUT2D eigenvalue weighted by Gasteiger charge is 2.11. The molecular weight excluding hydrogens is 256 g/mol. The molecule has 0 fully saturated rings. The molecule has 0 bridgehead atoms. The van der Waals surface area contributed by atoms with Crippen LogP contribution in [0.3, 0.4) is 0 Å². The minimum absolute atomic E-state index is 0.112. The van der Waals surface area contributed by atoms with Crippen molar-refractivity contribution in [2.24, 2.45) is 0 Å². The monoisotopic (exact) mass is 282 g/mol. The van der Waals surface area contributed by atoms with Gasteiger partial charge in [0.25, 0.3) is 0 Å². The second kappa shape index (κ2) is 9.50. The number of anilines is 2. The Morgan fingerprint density at radius 1 is 1.25 bits per heavy atom. The lowest BCUT2D eigenvalue weighted by Crippen LogP contribution is -2.29. The quantitative estimate of drug-likeness (QED) is 0.680. The lowest BCUT2D eigenvalue weighted by molar-refractivity contribution is 0.178. The van der Waals surface area contributed by atoms with E-state index in [0.717, 1.165) is 37.6 Å². The summed E-state index contributed by atoms with van der Waals surface area (Å²) in [7, 11) is 1.63. The lowest BCUT2D eigenvalue weighted by atomic mass is 10.3. The van der Waals surface area contributed by atoms with E-state index >= 15 is 0 Å². The Kier molecular flexibility index (Phi) is 7.91. The van der Waals surface area contributed by atoms with Crippen LogP contribution in [-0.2, 0) is 11.3 Å². The topological polar surface area (TPSA) is 70.5 Å². The van der Waals surface area contributed by atoms with Crippen LogP contribution in [0.15, 0.2) is 6.07 Å². The van der Waals surface area contributed by atoms with Crippen LogP contribution >= 0.6 is 0 Å². The van der Waals surface area contributed by atoms with Gasteiger partial charge < -0.3 is 20.1 Å². The molecule has 1 aromatic heterocycles. The number of methoxy groups -OCH3 is 1. The molecule has 114 valence electrons. The van der Waals surface area contributed by atoms with Gasteiger partial charge in [0, 0.05) is 32.8 Å². The predicted octanol–water partition coefficient (Wildman–Crippen LogP) is 1.65. The molecule has 0 aliphatic heterocycles. The van der Waals surface area contributed by atoms with Gasteiger partial charge in [-0.3, -0.25) is 0 Å². The van der Waals surface area contributed by atoms with Crippen molar-refractivity contribution in [2.45, 2.75) is 33.3 Å². The van der Waals surface area contributed by atoms with Gasteiger partial charge in [-0.1, -0.05) is 13.8 Å². The van der Waals surface area contributed by atoms with E-state index in [0.29, 0.717) is 19.0 Å². The second-order valence-electron chi connectivity index (χ2n) is 4.60. The van der Waals surface area contributed by atoms with Crippen molar-refractivity contribution in [3.63, 3.8) is 0 Å². The molecule has 0 aliphatic carbocycles. The van der Waals surface area contributed by atoms with Gasteiger partial charge in [0.2, 0.25) is 0 Å². The maximum absolute atomic E-state index is 9.18. The maximum atomic E-state index is 9.18. The SMILES string of the molecule is CCCNc1cc(N(CCC)CCO)nc(COC)n1. The highest BCUT2D eigenvalue weighted by Crippen LogP contribution is 2.17. The van der Waals surface area contributed by atoms with E-state index in [9.17, 15) is 5.11 Å². The Bertz CT molecular complexity index is 381. The zero-order valence-corrected chi connectivity index (χ0v) is 12.7. The number of hydrogen-bond donors (Lipinski definition) is 2. The van der Waals surface area contributed by atoms with Crippen LogP contribution in [0.1, 0.15) is 32.5 Å². The third-order valence-corrected chi connectivity index (χ3v) is 2.78. The van der Waals surface area contributed by atoms with Crippen LogP contribution in [0.2, 0.25) is 0 Å². The Balaban J connectivity index is 2.97. The van der Waals surface area contributed by atoms with E-state index in [4.69, 9.17) is 4.74 Å². The third-order valence-electron chi connectivity index (χ3n) is 2.78. The summed E-state index contributed by atoms with van der Waals surface area (Å²) in [5.74, 6) is 2.30. The summed E-state index contributed by atoms with van der Waals surface area (Å²) >= 11 is 0. The molecule has 0 aliphatic rings. The largest absolute Gasteiger partial charge is 0.395 e. The number of aromatic nitrogens is 2. The van der Waals surface area contributed by atoms with Gasteiger partial charge in [0.1, 0.15) is 18.2 Å². The van der Waals surface area contributed by atoms with Gasteiger partial charge in [-0.2, -0.15) is 0 Å². The van der Waals surface area contributed by atoms with Crippen molar-refractivity contribution in [3.05, 3.63) is 11.9 Å². The Morgan fingerprint density at radius 2 is 2.05 bits per heavy atom. The molecular formula is C14H26N4O2. The summed E-state index contributed by atoms with van der Waals surface area (Å²) in [6.07, 6.45) is 2.04. The average molecular weight is 282 g/mol. The summed E-state index contributed by atoms with van der Waals surface area (Å²) in [6, 6.07) is 1.93. The zero-order chi connectivity index (χ0) is 14.8. The molecule has 0 radical (unpaired) electrons. The first-order valence-electron chi connectivity index (χ1n) is 7.21. The zero-order valence-electron chi connectivity index (χ0n) is 12.7. The van der Waals surface area contributed by atoms with Crippen LogP contribution < -0.4 is 10.2 Å². The number of ether oxygens (including phenoxy) is 1. The second-order valence-corrected chi connectivity index (χ2v) is 4.60. The summed E-state index contributed by atoms with van der Waals surface area (Å²) in [6.45, 7) is 7.02. The third kappa shape index (κ3) is 5.30. The van der Waals surface area contributed by atoms with Gasteiger partial charge >= 0.3 is 0 Å². The Morgan fingerprint density at radius 3 is 2.65 bits per heavy atom. The molecule has 0 unspecified atom stereocenters. The van der Waals surface area contributed by atoms with E-state index in [1.165, 1.54) is 0 Å². The molecule has 6 heteroatoms. The molecule has 0 spiro atoms. The van der Waals surface area contributed by atoms with Crippen LogP contribution in [-0.4, -0.2) is 48.4 Å². The molecule has 0 saturated carbocycles. The van der Waals surface area contributed by atoms with Gasteiger partial charge in [-0.25, -0.2) is 9.97 Å². The highest BCUT2D eigenvalue weighted by molar-refractivity contribution is 5.49. The summed E-state index contributed by atoms with van der Waals surface area (Å²) in [5, 5.41) is 12.5. The molecule has 1 aromatic rings. The molecule has 0 aromatic carbocycles. The summed E-state index contributed by atoms with van der Waals surface area (Å²) in [4.78, 5) is 11.0. The Labute approximate surface area is 121 Å². The lowest BCUT2D eigenvalue weighted by Gasteiger charge is -2.23.